The first kappa shape index (κ1) is 27.4. The summed E-state index contributed by atoms with van der Waals surface area (Å²) in [5, 5.41) is 4.61. The van der Waals surface area contributed by atoms with E-state index >= 15 is 0 Å². The van der Waals surface area contributed by atoms with Gasteiger partial charge in [-0.15, -0.1) is 0 Å². The zero-order chi connectivity index (χ0) is 23.9. The van der Waals surface area contributed by atoms with Gasteiger partial charge in [-0.1, -0.05) is 71.0 Å². The number of rotatable bonds is 15. The molecule has 0 N–H and O–H groups in total. The van der Waals surface area contributed by atoms with Crippen LogP contribution in [-0.4, -0.2) is 37.6 Å². The van der Waals surface area contributed by atoms with Gasteiger partial charge >= 0.3 is 0 Å². The van der Waals surface area contributed by atoms with E-state index in [2.05, 4.69) is 17.1 Å². The van der Waals surface area contributed by atoms with E-state index in [0.29, 0.717) is 60.1 Å². The Morgan fingerprint density at radius 3 is 2.42 bits per heavy atom. The summed E-state index contributed by atoms with van der Waals surface area (Å²) in [6.45, 7) is 3.75. The Kier molecular flexibility index (Phi) is 13.2. The molecule has 33 heavy (non-hydrogen) atoms. The van der Waals surface area contributed by atoms with Gasteiger partial charge in [-0.2, -0.15) is 0 Å². The van der Waals surface area contributed by atoms with E-state index in [1.807, 2.05) is 12.1 Å². The molecule has 1 aromatic heterocycles. The number of unbranched alkanes of at least 4 members (excludes halogenated alkanes) is 1. The summed E-state index contributed by atoms with van der Waals surface area (Å²) >= 11 is 23.6. The van der Waals surface area contributed by atoms with E-state index in [0.717, 1.165) is 18.4 Å². The summed E-state index contributed by atoms with van der Waals surface area (Å²) in [7, 11) is 0. The standard InChI is InChI=1S/C23H26Cl4N2O4/c1-2-3-12-33-29-9-7-17-5-6-22(28-16-17)31-10-4-11-32-23-19(24)14-18(15-20(23)25)30-13-8-21(26)27/h5-6,8-9,14-16H,2-4,7,10-13H2,1H3/b29-9+. The molecule has 2 rings (SSSR count). The maximum absolute atomic E-state index is 6.25. The Morgan fingerprint density at radius 1 is 1.00 bits per heavy atom. The molecule has 0 radical (unpaired) electrons. The Labute approximate surface area is 214 Å². The number of pyridine rings is 1. The van der Waals surface area contributed by atoms with Crippen LogP contribution in [0.4, 0.5) is 0 Å². The molecule has 180 valence electrons. The molecule has 0 spiro atoms. The fraction of sp³-hybridized carbons (Fsp3) is 0.391. The second-order valence-electron chi connectivity index (χ2n) is 6.75. The predicted molar refractivity (Wildman–Crippen MR) is 135 cm³/mol. The first-order valence-electron chi connectivity index (χ1n) is 10.5. The van der Waals surface area contributed by atoms with Gasteiger partial charge in [0.2, 0.25) is 5.88 Å². The molecule has 0 amide bonds. The van der Waals surface area contributed by atoms with Crippen LogP contribution >= 0.6 is 46.4 Å². The number of halogens is 4. The van der Waals surface area contributed by atoms with Crippen molar-refractivity contribution >= 4 is 52.6 Å². The average Bonchev–Trinajstić information content (AvgIpc) is 2.78. The van der Waals surface area contributed by atoms with Crippen molar-refractivity contribution in [3.05, 3.63) is 56.6 Å². The third-order valence-electron chi connectivity index (χ3n) is 4.11. The van der Waals surface area contributed by atoms with Gasteiger partial charge in [0.1, 0.15) is 23.5 Å². The lowest BCUT2D eigenvalue weighted by Gasteiger charge is -2.12. The molecule has 0 unspecified atom stereocenters. The van der Waals surface area contributed by atoms with Crippen molar-refractivity contribution in [2.45, 2.75) is 32.6 Å². The average molecular weight is 536 g/mol. The zero-order valence-corrected chi connectivity index (χ0v) is 21.3. The molecule has 1 aromatic carbocycles. The molecule has 0 saturated carbocycles. The topological polar surface area (TPSA) is 62.2 Å². The van der Waals surface area contributed by atoms with Gasteiger partial charge in [0, 0.05) is 43.5 Å². The molecule has 6 nitrogen and oxygen atoms in total. The quantitative estimate of drug-likeness (QED) is 0.136. The number of benzene rings is 1. The molecule has 0 atom stereocenters. The highest BCUT2D eigenvalue weighted by molar-refractivity contribution is 6.55. The fourth-order valence-corrected chi connectivity index (χ4v) is 3.14. The lowest BCUT2D eigenvalue weighted by molar-refractivity contribution is 0.142. The van der Waals surface area contributed by atoms with Crippen LogP contribution in [0, 0.1) is 0 Å². The minimum Gasteiger partial charge on any atom is -0.490 e. The smallest absolute Gasteiger partial charge is 0.213 e. The number of hydrogen-bond donors (Lipinski definition) is 0. The molecule has 0 aliphatic carbocycles. The van der Waals surface area contributed by atoms with Crippen LogP contribution in [0.25, 0.3) is 0 Å². The summed E-state index contributed by atoms with van der Waals surface area (Å²) in [4.78, 5) is 9.44. The van der Waals surface area contributed by atoms with Crippen LogP contribution in [-0.2, 0) is 11.3 Å². The Hall–Kier alpha value is -1.86. The van der Waals surface area contributed by atoms with Crippen LogP contribution in [0.2, 0.25) is 10.0 Å². The van der Waals surface area contributed by atoms with Gasteiger partial charge in [-0.25, -0.2) is 4.98 Å². The lowest BCUT2D eigenvalue weighted by atomic mass is 10.2. The van der Waals surface area contributed by atoms with Gasteiger partial charge in [0.15, 0.2) is 5.75 Å². The molecule has 10 heteroatoms. The Balaban J connectivity index is 1.69. The van der Waals surface area contributed by atoms with Crippen LogP contribution in [0.1, 0.15) is 31.7 Å². The number of aromatic nitrogens is 1. The zero-order valence-electron chi connectivity index (χ0n) is 18.2. The summed E-state index contributed by atoms with van der Waals surface area (Å²) in [6, 6.07) is 6.99. The van der Waals surface area contributed by atoms with Crippen molar-refractivity contribution in [2.75, 3.05) is 26.4 Å². The second-order valence-corrected chi connectivity index (χ2v) is 8.58. The minimum absolute atomic E-state index is 0.123. The number of hydrogen-bond acceptors (Lipinski definition) is 6. The lowest BCUT2D eigenvalue weighted by Crippen LogP contribution is -2.06. The molecule has 1 heterocycles. The molecule has 0 fully saturated rings. The third kappa shape index (κ3) is 11.2. The highest BCUT2D eigenvalue weighted by atomic mass is 35.5. The number of oxime groups is 1. The van der Waals surface area contributed by atoms with Crippen molar-refractivity contribution in [3.63, 3.8) is 0 Å². The fourth-order valence-electron chi connectivity index (χ4n) is 2.44. The molecule has 0 bridgehead atoms. The monoisotopic (exact) mass is 534 g/mol. The van der Waals surface area contributed by atoms with E-state index in [-0.39, 0.29) is 11.1 Å². The molecular formula is C23H26Cl4N2O4. The van der Waals surface area contributed by atoms with Crippen molar-refractivity contribution in [1.82, 2.24) is 4.98 Å². The van der Waals surface area contributed by atoms with Crippen LogP contribution in [0.5, 0.6) is 17.4 Å². The maximum atomic E-state index is 6.25. The third-order valence-corrected chi connectivity index (χ3v) is 4.98. The SMILES string of the molecule is CCCCO/N=C/Cc1ccc(OCCCOc2c(Cl)cc(OCC=C(Cl)Cl)cc2Cl)nc1. The van der Waals surface area contributed by atoms with E-state index in [9.17, 15) is 0 Å². The van der Waals surface area contributed by atoms with E-state index in [1.54, 1.807) is 24.5 Å². The van der Waals surface area contributed by atoms with Gasteiger partial charge < -0.3 is 19.0 Å². The number of nitrogens with zero attached hydrogens (tertiary/aromatic N) is 2. The van der Waals surface area contributed by atoms with Crippen molar-refractivity contribution in [2.24, 2.45) is 5.16 Å². The maximum Gasteiger partial charge on any atom is 0.213 e. The van der Waals surface area contributed by atoms with Crippen molar-refractivity contribution < 1.29 is 19.0 Å². The van der Waals surface area contributed by atoms with Gasteiger partial charge in [0.25, 0.3) is 0 Å². The van der Waals surface area contributed by atoms with E-state index in [4.69, 9.17) is 65.5 Å². The summed E-state index contributed by atoms with van der Waals surface area (Å²) < 4.78 is 16.9. The molecule has 0 aliphatic heterocycles. The van der Waals surface area contributed by atoms with Gasteiger partial charge in [-0.3, -0.25) is 0 Å². The van der Waals surface area contributed by atoms with Crippen molar-refractivity contribution in [3.8, 4) is 17.4 Å². The first-order valence-corrected chi connectivity index (χ1v) is 12.0. The largest absolute Gasteiger partial charge is 0.490 e. The highest BCUT2D eigenvalue weighted by Crippen LogP contribution is 2.37. The summed E-state index contributed by atoms with van der Waals surface area (Å²) in [6.07, 6.45) is 8.35. The van der Waals surface area contributed by atoms with Crippen LogP contribution in [0.3, 0.4) is 0 Å². The first-order chi connectivity index (χ1) is 16.0. The highest BCUT2D eigenvalue weighted by Gasteiger charge is 2.11. The van der Waals surface area contributed by atoms with E-state index in [1.165, 1.54) is 6.08 Å². The summed E-state index contributed by atoms with van der Waals surface area (Å²) in [5.41, 5.74) is 1.02. The minimum atomic E-state index is 0.123. The molecule has 2 aromatic rings. The molecule has 0 saturated heterocycles. The summed E-state index contributed by atoms with van der Waals surface area (Å²) in [5.74, 6) is 1.41. The Bertz CT molecular complexity index is 881. The van der Waals surface area contributed by atoms with Crippen LogP contribution < -0.4 is 14.2 Å². The second kappa shape index (κ2) is 15.9. The molecular weight excluding hydrogens is 510 g/mol. The van der Waals surface area contributed by atoms with Gasteiger partial charge in [-0.05, 0) is 18.1 Å². The predicted octanol–water partition coefficient (Wildman–Crippen LogP) is 7.28. The van der Waals surface area contributed by atoms with Crippen molar-refractivity contribution in [1.29, 1.82) is 0 Å². The normalized spacial score (nSPS) is 10.8. The Morgan fingerprint density at radius 2 is 1.76 bits per heavy atom. The molecule has 0 aliphatic rings. The van der Waals surface area contributed by atoms with E-state index < -0.39 is 0 Å². The van der Waals surface area contributed by atoms with Crippen LogP contribution in [0.15, 0.2) is 46.2 Å². The van der Waals surface area contributed by atoms with Gasteiger partial charge in [0.05, 0.1) is 23.3 Å². The number of ether oxygens (including phenoxy) is 3.